The van der Waals surface area contributed by atoms with Gasteiger partial charge in [0.05, 0.1) is 19.8 Å². The van der Waals surface area contributed by atoms with Gasteiger partial charge in [-0.05, 0) is 77.6 Å². The molecule has 4 aromatic rings. The number of carbonyl (C=O) groups excluding carboxylic acids is 3. The van der Waals surface area contributed by atoms with Crippen molar-refractivity contribution in [2.24, 2.45) is 0 Å². The molecule has 0 aliphatic carbocycles. The molecule has 1 heterocycles. The van der Waals surface area contributed by atoms with Gasteiger partial charge in [-0.1, -0.05) is 61.2 Å². The Morgan fingerprint density at radius 3 is 2.02 bits per heavy atom. The predicted octanol–water partition coefficient (Wildman–Crippen LogP) is 7.60. The normalized spacial score (nSPS) is 15.5. The summed E-state index contributed by atoms with van der Waals surface area (Å²) in [5, 5.41) is 2.87. The highest BCUT2D eigenvalue weighted by Gasteiger charge is 2.36. The third-order valence-corrected chi connectivity index (χ3v) is 8.62. The van der Waals surface area contributed by atoms with Crippen molar-refractivity contribution in [2.45, 2.75) is 52.4 Å². The van der Waals surface area contributed by atoms with Crippen molar-refractivity contribution < 1.29 is 23.9 Å². The summed E-state index contributed by atoms with van der Waals surface area (Å²) in [6.07, 6.45) is 0.723. The second-order valence-corrected chi connectivity index (χ2v) is 11.9. The Bertz CT molecular complexity index is 1720. The molecular formula is C39H41N3O5. The van der Waals surface area contributed by atoms with Gasteiger partial charge in [-0.3, -0.25) is 14.5 Å². The molecule has 47 heavy (non-hydrogen) atoms. The van der Waals surface area contributed by atoms with E-state index in [0.717, 1.165) is 51.2 Å². The first-order valence-corrected chi connectivity index (χ1v) is 15.6. The molecule has 4 aromatic carbocycles. The Hall–Kier alpha value is -5.21. The zero-order valence-electron chi connectivity index (χ0n) is 27.6. The molecular weight excluding hydrogens is 590 g/mol. The van der Waals surface area contributed by atoms with Crippen LogP contribution in [0.4, 0.5) is 11.4 Å². The summed E-state index contributed by atoms with van der Waals surface area (Å²) in [7, 11) is 2.99. The third kappa shape index (κ3) is 7.61. The van der Waals surface area contributed by atoms with Crippen LogP contribution in [0.15, 0.2) is 97.6 Å². The number of benzene rings is 4. The first-order valence-electron chi connectivity index (χ1n) is 15.6. The molecule has 0 fully saturated rings. The predicted molar refractivity (Wildman–Crippen MR) is 186 cm³/mol. The SMILES string of the molecule is C=C(OC)c1ccc(CN(Cc2ccc(C(=O)OC)cc2)[C@@H]2C[C@H](C)N(C(C)=O)c3ccc(-c4cccc(NC(C)=O)c4)cc32)cc1. The molecule has 0 aromatic heterocycles. The molecule has 242 valence electrons. The standard InChI is InChI=1S/C39H41N3O5/c1-25-20-38(36-22-34(18-19-37(36)42(25)28(4)44)33-8-7-9-35(21-33)40-27(3)43)41(23-29-10-14-31(15-11-29)26(2)46-5)24-30-12-16-32(17-13-30)39(45)47-6/h7-19,21-22,25,38H,2,20,23-24H2,1,3-6H3,(H,40,43)/t25-,38+/m0/s1. The number of amides is 2. The Morgan fingerprint density at radius 2 is 1.45 bits per heavy atom. The molecule has 0 saturated carbocycles. The zero-order valence-corrected chi connectivity index (χ0v) is 27.6. The Balaban J connectivity index is 1.59. The van der Waals surface area contributed by atoms with Gasteiger partial charge in [0, 0.05) is 56.0 Å². The second kappa shape index (κ2) is 14.5. The number of fused-ring (bicyclic) bond motifs is 1. The van der Waals surface area contributed by atoms with Crippen LogP contribution in [0.1, 0.15) is 65.8 Å². The van der Waals surface area contributed by atoms with Gasteiger partial charge in [0.15, 0.2) is 0 Å². The third-order valence-electron chi connectivity index (χ3n) is 8.62. The maximum atomic E-state index is 13.0. The number of methoxy groups -OCH3 is 2. The topological polar surface area (TPSA) is 88.2 Å². The highest BCUT2D eigenvalue weighted by Crippen LogP contribution is 2.43. The molecule has 1 aliphatic heterocycles. The number of nitrogens with one attached hydrogen (secondary N) is 1. The van der Waals surface area contributed by atoms with E-state index in [-0.39, 0.29) is 29.9 Å². The Kier molecular flexibility index (Phi) is 10.2. The highest BCUT2D eigenvalue weighted by atomic mass is 16.5. The minimum Gasteiger partial charge on any atom is -0.497 e. The van der Waals surface area contributed by atoms with Crippen molar-refractivity contribution in [1.82, 2.24) is 4.90 Å². The van der Waals surface area contributed by atoms with Crippen LogP contribution in [0.25, 0.3) is 16.9 Å². The van der Waals surface area contributed by atoms with E-state index in [4.69, 9.17) is 9.47 Å². The van der Waals surface area contributed by atoms with Gasteiger partial charge in [-0.15, -0.1) is 0 Å². The van der Waals surface area contributed by atoms with Crippen LogP contribution in [0.5, 0.6) is 0 Å². The summed E-state index contributed by atoms with van der Waals surface area (Å²) < 4.78 is 10.2. The molecule has 1 aliphatic rings. The smallest absolute Gasteiger partial charge is 0.337 e. The molecule has 5 rings (SSSR count). The Morgan fingerprint density at radius 1 is 0.830 bits per heavy atom. The number of esters is 1. The van der Waals surface area contributed by atoms with Crippen molar-refractivity contribution in [3.8, 4) is 11.1 Å². The quantitative estimate of drug-likeness (QED) is 0.143. The summed E-state index contributed by atoms with van der Waals surface area (Å²) >= 11 is 0. The van der Waals surface area contributed by atoms with Gasteiger partial charge >= 0.3 is 5.97 Å². The first kappa shape index (κ1) is 33.2. The Labute approximate surface area is 276 Å². The molecule has 0 radical (unpaired) electrons. The van der Waals surface area contributed by atoms with E-state index in [0.29, 0.717) is 24.4 Å². The minimum absolute atomic E-state index is 0.00323. The highest BCUT2D eigenvalue weighted by molar-refractivity contribution is 5.94. The van der Waals surface area contributed by atoms with E-state index < -0.39 is 0 Å². The molecule has 0 saturated heterocycles. The zero-order chi connectivity index (χ0) is 33.7. The maximum absolute atomic E-state index is 13.0. The van der Waals surface area contributed by atoms with E-state index in [9.17, 15) is 14.4 Å². The van der Waals surface area contributed by atoms with E-state index in [1.54, 1.807) is 26.2 Å². The van der Waals surface area contributed by atoms with E-state index in [1.165, 1.54) is 14.0 Å². The van der Waals surface area contributed by atoms with Crippen molar-refractivity contribution in [2.75, 3.05) is 24.4 Å². The van der Waals surface area contributed by atoms with Crippen molar-refractivity contribution >= 4 is 34.9 Å². The number of ether oxygens (including phenoxy) is 2. The molecule has 0 spiro atoms. The number of carbonyl (C=O) groups is 3. The van der Waals surface area contributed by atoms with E-state index >= 15 is 0 Å². The van der Waals surface area contributed by atoms with Crippen LogP contribution in [0.3, 0.4) is 0 Å². The molecule has 1 N–H and O–H groups in total. The van der Waals surface area contributed by atoms with Crippen molar-refractivity contribution in [1.29, 1.82) is 0 Å². The van der Waals surface area contributed by atoms with Crippen molar-refractivity contribution in [3.05, 3.63) is 125 Å². The van der Waals surface area contributed by atoms with Gasteiger partial charge in [-0.25, -0.2) is 4.79 Å². The largest absolute Gasteiger partial charge is 0.497 e. The van der Waals surface area contributed by atoms with E-state index in [2.05, 4.69) is 41.9 Å². The second-order valence-electron chi connectivity index (χ2n) is 11.9. The van der Waals surface area contributed by atoms with Crippen LogP contribution < -0.4 is 10.2 Å². The fraction of sp³-hybridized carbons (Fsp3) is 0.256. The van der Waals surface area contributed by atoms with Gasteiger partial charge in [0.2, 0.25) is 11.8 Å². The van der Waals surface area contributed by atoms with Crippen molar-refractivity contribution in [3.63, 3.8) is 0 Å². The van der Waals surface area contributed by atoms with Crippen LogP contribution in [0.2, 0.25) is 0 Å². The average molecular weight is 632 g/mol. The number of rotatable bonds is 10. The van der Waals surface area contributed by atoms with Gasteiger partial charge in [0.1, 0.15) is 5.76 Å². The van der Waals surface area contributed by atoms with Gasteiger partial charge < -0.3 is 19.7 Å². The lowest BCUT2D eigenvalue weighted by Gasteiger charge is -2.43. The summed E-state index contributed by atoms with van der Waals surface area (Å²) in [6.45, 7) is 10.4. The number of nitrogens with zero attached hydrogens (tertiary/aromatic N) is 2. The summed E-state index contributed by atoms with van der Waals surface area (Å²) in [5.74, 6) is 0.0965. The lowest BCUT2D eigenvalue weighted by atomic mass is 9.87. The van der Waals surface area contributed by atoms with Gasteiger partial charge in [-0.2, -0.15) is 0 Å². The molecule has 8 nitrogen and oxygen atoms in total. The summed E-state index contributed by atoms with van der Waals surface area (Å²) in [5.41, 5.74) is 8.19. The molecule has 2 atom stereocenters. The monoisotopic (exact) mass is 631 g/mol. The number of hydrogen-bond donors (Lipinski definition) is 1. The number of hydrogen-bond acceptors (Lipinski definition) is 6. The molecule has 8 heteroatoms. The van der Waals surface area contributed by atoms with Crippen LogP contribution in [-0.4, -0.2) is 42.9 Å². The molecule has 0 bridgehead atoms. The fourth-order valence-corrected chi connectivity index (χ4v) is 6.34. The first-order chi connectivity index (χ1) is 22.6. The maximum Gasteiger partial charge on any atom is 0.337 e. The van der Waals surface area contributed by atoms with E-state index in [1.807, 2.05) is 65.6 Å². The van der Waals surface area contributed by atoms with Crippen LogP contribution in [0, 0.1) is 0 Å². The average Bonchev–Trinajstić information content (AvgIpc) is 3.07. The van der Waals surface area contributed by atoms with Crippen LogP contribution in [-0.2, 0) is 32.2 Å². The fourth-order valence-electron chi connectivity index (χ4n) is 6.34. The van der Waals surface area contributed by atoms with Crippen LogP contribution >= 0.6 is 0 Å². The summed E-state index contributed by atoms with van der Waals surface area (Å²) in [4.78, 5) is 41.2. The summed E-state index contributed by atoms with van der Waals surface area (Å²) in [6, 6.07) is 29.7. The lowest BCUT2D eigenvalue weighted by molar-refractivity contribution is -0.117. The lowest BCUT2D eigenvalue weighted by Crippen LogP contribution is -2.45. The molecule has 2 amide bonds. The number of anilines is 2. The minimum atomic E-state index is -0.374. The molecule has 0 unspecified atom stereocenters. The van der Waals surface area contributed by atoms with Gasteiger partial charge in [0.25, 0.3) is 0 Å².